The number of aliphatic hydroxyl groups is 1. The first kappa shape index (κ1) is 27.4. The molecule has 2 bridgehead atoms. The Kier molecular flexibility index (Phi) is 7.12. The van der Waals surface area contributed by atoms with E-state index in [-0.39, 0.29) is 24.3 Å². The van der Waals surface area contributed by atoms with E-state index in [1.807, 2.05) is 0 Å². The highest BCUT2D eigenvalue weighted by molar-refractivity contribution is 7.52. The summed E-state index contributed by atoms with van der Waals surface area (Å²) in [6, 6.07) is 7.32. The summed E-state index contributed by atoms with van der Waals surface area (Å²) in [5.41, 5.74) is 4.05. The highest BCUT2D eigenvalue weighted by Crippen LogP contribution is 2.55. The van der Waals surface area contributed by atoms with Crippen LogP contribution in [0.2, 0.25) is 0 Å². The van der Waals surface area contributed by atoms with E-state index in [1.165, 1.54) is 19.6 Å². The first-order valence-electron chi connectivity index (χ1n) is 12.4. The van der Waals surface area contributed by atoms with E-state index in [0.717, 1.165) is 0 Å². The smallest absolute Gasteiger partial charge is 0.459 e. The summed E-state index contributed by atoms with van der Waals surface area (Å²) >= 11 is 0. The first-order chi connectivity index (χ1) is 18.5. The fourth-order valence-electron chi connectivity index (χ4n) is 4.66. The van der Waals surface area contributed by atoms with Crippen LogP contribution in [0.15, 0.2) is 43.0 Å². The number of hydrogen-bond acceptors (Lipinski definition) is 12. The van der Waals surface area contributed by atoms with Crippen LogP contribution in [0.1, 0.15) is 33.9 Å². The van der Waals surface area contributed by atoms with Crippen LogP contribution in [0.5, 0.6) is 5.75 Å². The number of nitrogens with zero attached hydrogens (tertiary/aromatic N) is 4. The van der Waals surface area contributed by atoms with Crippen molar-refractivity contribution < 1.29 is 37.7 Å². The Morgan fingerprint density at radius 1 is 1.28 bits per heavy atom. The monoisotopic (exact) mass is 562 g/mol. The molecule has 0 aliphatic carbocycles. The summed E-state index contributed by atoms with van der Waals surface area (Å²) in [6.45, 7) is 6.13. The molecule has 2 saturated heterocycles. The van der Waals surface area contributed by atoms with Crippen LogP contribution in [-0.4, -0.2) is 73.3 Å². The minimum atomic E-state index is -4.21. The Balaban J connectivity index is 1.39. The second-order valence-corrected chi connectivity index (χ2v) is 11.7. The third kappa shape index (κ3) is 4.99. The minimum absolute atomic E-state index is 0.0544. The number of esters is 1. The van der Waals surface area contributed by atoms with Gasteiger partial charge in [0.15, 0.2) is 17.7 Å². The quantitative estimate of drug-likeness (QED) is 0.241. The van der Waals surface area contributed by atoms with Crippen LogP contribution in [-0.2, 0) is 28.1 Å². The predicted octanol–water partition coefficient (Wildman–Crippen LogP) is 1.96. The lowest BCUT2D eigenvalue weighted by molar-refractivity contribution is -0.209. The number of nitrogens with two attached hydrogens (primary N) is 1. The average Bonchev–Trinajstić information content (AvgIpc) is 3.49. The van der Waals surface area contributed by atoms with Gasteiger partial charge >= 0.3 is 13.7 Å². The fourth-order valence-corrected chi connectivity index (χ4v) is 6.21. The molecule has 15 heteroatoms. The van der Waals surface area contributed by atoms with Crippen LogP contribution in [0.3, 0.4) is 0 Å². The minimum Gasteiger partial charge on any atom is -0.462 e. The maximum Gasteiger partial charge on any atom is 0.459 e. The van der Waals surface area contributed by atoms with Gasteiger partial charge in [0.2, 0.25) is 0 Å². The SMILES string of the molecule is CC(C)OC(=O)[C@H](C)N[P@@](=O)(OC[C@]12CO[C@](C)([C@@H]1O)[C@H](n1cnc3c(N)ncnc31)O2)Oc1ccccc1. The molecular formula is C24H31N6O8P. The van der Waals surface area contributed by atoms with E-state index >= 15 is 0 Å². The van der Waals surface area contributed by atoms with Crippen molar-refractivity contribution in [3.8, 4) is 5.75 Å². The number of imidazole rings is 1. The Morgan fingerprint density at radius 2 is 2.03 bits per heavy atom. The molecule has 39 heavy (non-hydrogen) atoms. The zero-order chi connectivity index (χ0) is 28.0. The number of hydrogen-bond donors (Lipinski definition) is 3. The third-order valence-electron chi connectivity index (χ3n) is 6.65. The molecule has 6 atom stereocenters. The zero-order valence-electron chi connectivity index (χ0n) is 21.9. The molecule has 4 heterocycles. The molecule has 0 radical (unpaired) electrons. The summed E-state index contributed by atoms with van der Waals surface area (Å²) < 4.78 is 44.6. The van der Waals surface area contributed by atoms with E-state index in [2.05, 4.69) is 20.0 Å². The molecule has 1 aromatic carbocycles. The van der Waals surface area contributed by atoms with E-state index < -0.39 is 49.9 Å². The van der Waals surface area contributed by atoms with Gasteiger partial charge in [0.05, 0.1) is 25.6 Å². The Bertz CT molecular complexity index is 1410. The predicted molar refractivity (Wildman–Crippen MR) is 137 cm³/mol. The average molecular weight is 563 g/mol. The van der Waals surface area contributed by atoms with Crippen LogP contribution in [0.25, 0.3) is 11.2 Å². The van der Waals surface area contributed by atoms with Gasteiger partial charge in [-0.1, -0.05) is 18.2 Å². The standard InChI is InChI=1S/C24H31N6O8P/c1-14(2)36-20(31)15(3)29-39(33,38-16-8-6-5-7-9-16)35-11-24-10-34-23(4,21(24)32)22(37-24)30-13-28-17-18(25)26-12-27-19(17)30/h5-9,12-15,21-22,32H,10-11H2,1-4H3,(H,29,33)(H2,25,26,27)/t15-,21-,22+,23+,24+,39+/m0/s1. The molecule has 210 valence electrons. The molecule has 2 aliphatic heterocycles. The van der Waals surface area contributed by atoms with E-state index in [9.17, 15) is 14.5 Å². The van der Waals surface area contributed by atoms with E-state index in [1.54, 1.807) is 55.7 Å². The van der Waals surface area contributed by atoms with Crippen molar-refractivity contribution in [2.45, 2.75) is 63.4 Å². The number of nitrogen functional groups attached to an aromatic ring is 1. The summed E-state index contributed by atoms with van der Waals surface area (Å²) in [7, 11) is -4.21. The molecule has 2 aliphatic rings. The normalized spacial score (nSPS) is 28.5. The van der Waals surface area contributed by atoms with Gasteiger partial charge in [-0.05, 0) is 39.8 Å². The van der Waals surface area contributed by atoms with Gasteiger partial charge in [-0.15, -0.1) is 0 Å². The van der Waals surface area contributed by atoms with Gasteiger partial charge < -0.3 is 29.6 Å². The number of ether oxygens (including phenoxy) is 3. The van der Waals surface area contributed by atoms with Crippen molar-refractivity contribution in [1.82, 2.24) is 24.6 Å². The molecule has 3 aromatic rings. The van der Waals surface area contributed by atoms with Gasteiger partial charge in [-0.25, -0.2) is 19.5 Å². The molecule has 0 saturated carbocycles. The highest BCUT2D eigenvalue weighted by Gasteiger charge is 2.69. The summed E-state index contributed by atoms with van der Waals surface area (Å²) in [6.07, 6.45) is 0.342. The summed E-state index contributed by atoms with van der Waals surface area (Å²) in [5.74, 6) is -0.191. The van der Waals surface area contributed by atoms with Gasteiger partial charge in [0.1, 0.15) is 40.9 Å². The molecule has 2 aromatic heterocycles. The number of fused-ring (bicyclic) bond motifs is 3. The van der Waals surface area contributed by atoms with E-state index in [0.29, 0.717) is 11.2 Å². The summed E-state index contributed by atoms with van der Waals surface area (Å²) in [5, 5.41) is 14.0. The number of para-hydroxylation sites is 1. The largest absolute Gasteiger partial charge is 0.462 e. The molecule has 0 spiro atoms. The maximum atomic E-state index is 13.9. The maximum absolute atomic E-state index is 13.9. The second kappa shape index (κ2) is 10.1. The van der Waals surface area contributed by atoms with Crippen molar-refractivity contribution in [1.29, 1.82) is 0 Å². The van der Waals surface area contributed by atoms with Crippen molar-refractivity contribution in [3.63, 3.8) is 0 Å². The lowest BCUT2D eigenvalue weighted by Crippen LogP contribution is -2.46. The number of nitrogens with one attached hydrogen (secondary N) is 1. The number of aromatic nitrogens is 4. The number of carbonyl (C=O) groups excluding carboxylic acids is 1. The van der Waals surface area contributed by atoms with Crippen LogP contribution < -0.4 is 15.3 Å². The number of rotatable bonds is 10. The number of benzene rings is 1. The highest BCUT2D eigenvalue weighted by atomic mass is 31.2. The second-order valence-electron chi connectivity index (χ2n) is 10.0. The first-order valence-corrected chi connectivity index (χ1v) is 13.9. The number of aliphatic hydroxyl groups excluding tert-OH is 1. The molecule has 5 rings (SSSR count). The van der Waals surface area contributed by atoms with Gasteiger partial charge in [-0.3, -0.25) is 13.9 Å². The molecule has 0 amide bonds. The lowest BCUT2D eigenvalue weighted by atomic mass is 9.92. The Morgan fingerprint density at radius 3 is 2.74 bits per heavy atom. The lowest BCUT2D eigenvalue weighted by Gasteiger charge is -2.34. The van der Waals surface area contributed by atoms with Crippen LogP contribution in [0, 0.1) is 0 Å². The molecule has 2 fully saturated rings. The third-order valence-corrected chi connectivity index (χ3v) is 8.27. The molecule has 0 unspecified atom stereocenters. The van der Waals surface area contributed by atoms with Crippen LogP contribution in [0.4, 0.5) is 5.82 Å². The van der Waals surface area contributed by atoms with Crippen molar-refractivity contribution in [2.24, 2.45) is 0 Å². The number of carbonyl (C=O) groups is 1. The number of anilines is 1. The van der Waals surface area contributed by atoms with Crippen molar-refractivity contribution in [3.05, 3.63) is 43.0 Å². The van der Waals surface area contributed by atoms with Gasteiger partial charge in [0, 0.05) is 0 Å². The Hall–Kier alpha value is -3.13. The van der Waals surface area contributed by atoms with Crippen molar-refractivity contribution >= 4 is 30.7 Å². The fraction of sp³-hybridized carbons (Fsp3) is 0.500. The van der Waals surface area contributed by atoms with E-state index in [4.69, 9.17) is 29.0 Å². The summed E-state index contributed by atoms with van der Waals surface area (Å²) in [4.78, 5) is 24.9. The van der Waals surface area contributed by atoms with Gasteiger partial charge in [0.25, 0.3) is 0 Å². The topological polar surface area (TPSA) is 182 Å². The molecule has 4 N–H and O–H groups in total. The molecule has 14 nitrogen and oxygen atoms in total. The van der Waals surface area contributed by atoms with Crippen molar-refractivity contribution in [2.75, 3.05) is 18.9 Å². The van der Waals surface area contributed by atoms with Gasteiger partial charge in [-0.2, -0.15) is 5.09 Å². The molecular weight excluding hydrogens is 531 g/mol. The van der Waals surface area contributed by atoms with Crippen LogP contribution >= 0.6 is 7.75 Å². The zero-order valence-corrected chi connectivity index (χ0v) is 22.8. The Labute approximate surface area is 224 Å².